The number of fused-ring (bicyclic) bond motifs is 1. The van der Waals surface area contributed by atoms with E-state index in [1.54, 1.807) is 5.57 Å². The molecule has 2 aliphatic rings. The molecule has 0 N–H and O–H groups in total. The van der Waals surface area contributed by atoms with Crippen LogP contribution in [0.3, 0.4) is 0 Å². The van der Waals surface area contributed by atoms with Crippen molar-refractivity contribution < 1.29 is 0 Å². The van der Waals surface area contributed by atoms with Gasteiger partial charge in [-0.3, -0.25) is 4.90 Å². The lowest BCUT2D eigenvalue weighted by Crippen LogP contribution is -2.41. The number of allylic oxidation sites excluding steroid dienone is 1. The monoisotopic (exact) mass is 289 g/mol. The fourth-order valence-corrected chi connectivity index (χ4v) is 4.06. The molecule has 1 aliphatic carbocycles. The van der Waals surface area contributed by atoms with E-state index in [1.165, 1.54) is 36.9 Å². The second-order valence-corrected chi connectivity index (χ2v) is 6.61. The van der Waals surface area contributed by atoms with Crippen LogP contribution >= 0.6 is 0 Å². The minimum atomic E-state index is 0.629. The Morgan fingerprint density at radius 3 is 2.41 bits per heavy atom. The fourth-order valence-electron chi connectivity index (χ4n) is 4.06. The molecule has 0 aromatic heterocycles. The van der Waals surface area contributed by atoms with Crippen molar-refractivity contribution in [1.29, 1.82) is 0 Å². The van der Waals surface area contributed by atoms with Crippen LogP contribution in [0, 0.1) is 5.92 Å². The van der Waals surface area contributed by atoms with Crippen LogP contribution in [0.25, 0.3) is 5.57 Å². The number of rotatable bonds is 3. The highest BCUT2D eigenvalue weighted by Gasteiger charge is 2.34. The maximum absolute atomic E-state index is 2.68. The maximum Gasteiger partial charge on any atom is 0.0319 e. The van der Waals surface area contributed by atoms with Crippen molar-refractivity contribution in [2.45, 2.75) is 31.8 Å². The average Bonchev–Trinajstić information content (AvgIpc) is 3.02. The third-order valence-corrected chi connectivity index (χ3v) is 5.15. The highest BCUT2D eigenvalue weighted by molar-refractivity contribution is 5.68. The van der Waals surface area contributed by atoms with E-state index >= 15 is 0 Å². The van der Waals surface area contributed by atoms with E-state index in [0.717, 1.165) is 12.5 Å². The molecule has 2 aromatic carbocycles. The molecule has 1 saturated heterocycles. The molecule has 4 rings (SSSR count). The Morgan fingerprint density at radius 2 is 1.64 bits per heavy atom. The summed E-state index contributed by atoms with van der Waals surface area (Å²) in [5.41, 5.74) is 4.40. The number of nitrogens with zero attached hydrogens (tertiary/aromatic N) is 1. The number of piperidine rings is 1. The van der Waals surface area contributed by atoms with Gasteiger partial charge in [-0.1, -0.05) is 66.7 Å². The predicted molar refractivity (Wildman–Crippen MR) is 92.4 cm³/mol. The molecule has 22 heavy (non-hydrogen) atoms. The first-order valence-electron chi connectivity index (χ1n) is 8.44. The van der Waals surface area contributed by atoms with E-state index in [1.807, 2.05) is 0 Å². The lowest BCUT2D eigenvalue weighted by atomic mass is 9.90. The van der Waals surface area contributed by atoms with Gasteiger partial charge in [0.2, 0.25) is 0 Å². The summed E-state index contributed by atoms with van der Waals surface area (Å²) in [6.07, 6.45) is 6.51. The van der Waals surface area contributed by atoms with Crippen LogP contribution in [-0.4, -0.2) is 17.5 Å². The van der Waals surface area contributed by atoms with Crippen LogP contribution in [0.5, 0.6) is 0 Å². The molecule has 0 saturated carbocycles. The lowest BCUT2D eigenvalue weighted by molar-refractivity contribution is 0.127. The molecule has 0 spiro atoms. The van der Waals surface area contributed by atoms with E-state index in [2.05, 4.69) is 71.6 Å². The lowest BCUT2D eigenvalue weighted by Gasteiger charge is -2.37. The Morgan fingerprint density at radius 1 is 0.909 bits per heavy atom. The van der Waals surface area contributed by atoms with E-state index in [4.69, 9.17) is 0 Å². The molecular formula is C21H23N. The van der Waals surface area contributed by atoms with Crippen molar-refractivity contribution >= 4 is 5.57 Å². The van der Waals surface area contributed by atoms with Crippen LogP contribution in [0.15, 0.2) is 66.7 Å². The highest BCUT2D eigenvalue weighted by atomic mass is 15.2. The molecule has 2 aromatic rings. The summed E-state index contributed by atoms with van der Waals surface area (Å²) < 4.78 is 0. The molecule has 1 nitrogen and oxygen atoms in total. The normalized spacial score (nSPS) is 24.8. The summed E-state index contributed by atoms with van der Waals surface area (Å²) >= 11 is 0. The zero-order valence-corrected chi connectivity index (χ0v) is 13.0. The van der Waals surface area contributed by atoms with Crippen molar-refractivity contribution in [1.82, 2.24) is 4.90 Å². The Kier molecular flexibility index (Phi) is 3.82. The molecule has 2 unspecified atom stereocenters. The molecule has 0 bridgehead atoms. The van der Waals surface area contributed by atoms with E-state index in [0.29, 0.717) is 6.04 Å². The van der Waals surface area contributed by atoms with Gasteiger partial charge < -0.3 is 0 Å². The van der Waals surface area contributed by atoms with Gasteiger partial charge in [-0.2, -0.15) is 0 Å². The topological polar surface area (TPSA) is 3.24 Å². The number of hydrogen-bond acceptors (Lipinski definition) is 1. The van der Waals surface area contributed by atoms with Crippen molar-refractivity contribution in [3.63, 3.8) is 0 Å². The SMILES string of the molecule is C1=C(c2ccccc2)CC2CCCN(Cc3ccccc3)C12. The third kappa shape index (κ3) is 2.74. The minimum Gasteiger partial charge on any atom is -0.292 e. The van der Waals surface area contributed by atoms with Crippen molar-refractivity contribution in [2.75, 3.05) is 6.54 Å². The van der Waals surface area contributed by atoms with Gasteiger partial charge in [-0.05, 0) is 48.4 Å². The second-order valence-electron chi connectivity index (χ2n) is 6.61. The first-order chi connectivity index (χ1) is 10.9. The van der Waals surface area contributed by atoms with Gasteiger partial charge in [0.25, 0.3) is 0 Å². The summed E-state index contributed by atoms with van der Waals surface area (Å²) in [7, 11) is 0. The summed E-state index contributed by atoms with van der Waals surface area (Å²) in [4.78, 5) is 2.68. The average molecular weight is 289 g/mol. The van der Waals surface area contributed by atoms with E-state index in [-0.39, 0.29) is 0 Å². The molecular weight excluding hydrogens is 266 g/mol. The summed E-state index contributed by atoms with van der Waals surface area (Å²) in [5.74, 6) is 0.813. The van der Waals surface area contributed by atoms with E-state index in [9.17, 15) is 0 Å². The molecule has 0 amide bonds. The maximum atomic E-state index is 2.68. The Balaban J connectivity index is 1.56. The Hall–Kier alpha value is -1.86. The summed E-state index contributed by atoms with van der Waals surface area (Å²) in [5, 5.41) is 0. The number of hydrogen-bond donors (Lipinski definition) is 0. The zero-order valence-electron chi connectivity index (χ0n) is 13.0. The predicted octanol–water partition coefficient (Wildman–Crippen LogP) is 4.75. The number of benzene rings is 2. The standard InChI is InChI=1S/C21H23N/c1-3-8-17(9-4-1)16-22-13-7-12-19-14-20(15-21(19)22)18-10-5-2-6-11-18/h1-6,8-11,15,19,21H,7,12-14,16H2. The van der Waals surface area contributed by atoms with Crippen LogP contribution < -0.4 is 0 Å². The van der Waals surface area contributed by atoms with Gasteiger partial charge in [0, 0.05) is 12.6 Å². The summed E-state index contributed by atoms with van der Waals surface area (Å²) in [6, 6.07) is 22.5. The van der Waals surface area contributed by atoms with Crippen molar-refractivity contribution in [2.24, 2.45) is 5.92 Å². The van der Waals surface area contributed by atoms with Gasteiger partial charge in [0.05, 0.1) is 0 Å². The Bertz CT molecular complexity index is 644. The second kappa shape index (κ2) is 6.10. The van der Waals surface area contributed by atoms with Gasteiger partial charge >= 0.3 is 0 Å². The molecule has 2 atom stereocenters. The fraction of sp³-hybridized carbons (Fsp3) is 0.333. The van der Waals surface area contributed by atoms with Crippen LogP contribution in [-0.2, 0) is 6.54 Å². The summed E-state index contributed by atoms with van der Waals surface area (Å²) in [6.45, 7) is 2.31. The first-order valence-corrected chi connectivity index (χ1v) is 8.44. The molecule has 1 fully saturated rings. The Labute approximate surface area is 133 Å². The van der Waals surface area contributed by atoms with Gasteiger partial charge in [-0.25, -0.2) is 0 Å². The minimum absolute atomic E-state index is 0.629. The van der Waals surface area contributed by atoms with Gasteiger partial charge in [-0.15, -0.1) is 0 Å². The smallest absolute Gasteiger partial charge is 0.0319 e. The van der Waals surface area contributed by atoms with Crippen molar-refractivity contribution in [3.05, 3.63) is 77.9 Å². The quantitative estimate of drug-likeness (QED) is 0.788. The van der Waals surface area contributed by atoms with Crippen LogP contribution in [0.2, 0.25) is 0 Å². The van der Waals surface area contributed by atoms with Gasteiger partial charge in [0.15, 0.2) is 0 Å². The van der Waals surface area contributed by atoms with Crippen molar-refractivity contribution in [3.8, 4) is 0 Å². The highest BCUT2D eigenvalue weighted by Crippen LogP contribution is 2.40. The van der Waals surface area contributed by atoms with Crippen LogP contribution in [0.4, 0.5) is 0 Å². The van der Waals surface area contributed by atoms with E-state index < -0.39 is 0 Å². The molecule has 1 heteroatoms. The zero-order chi connectivity index (χ0) is 14.8. The molecule has 1 heterocycles. The largest absolute Gasteiger partial charge is 0.292 e. The third-order valence-electron chi connectivity index (χ3n) is 5.15. The number of likely N-dealkylation sites (tertiary alicyclic amines) is 1. The molecule has 112 valence electrons. The van der Waals surface area contributed by atoms with Gasteiger partial charge in [0.1, 0.15) is 0 Å². The van der Waals surface area contributed by atoms with Crippen LogP contribution in [0.1, 0.15) is 30.4 Å². The first kappa shape index (κ1) is 13.8. The molecule has 1 aliphatic heterocycles. The molecule has 0 radical (unpaired) electrons.